The maximum Gasteiger partial charge on any atom is 0.291 e. The minimum absolute atomic E-state index is 0.0392. The molecule has 0 bridgehead atoms. The lowest BCUT2D eigenvalue weighted by Crippen LogP contribution is -2.12. The van der Waals surface area contributed by atoms with Gasteiger partial charge in [-0.05, 0) is 6.92 Å². The highest BCUT2D eigenvalue weighted by Crippen LogP contribution is 2.15. The molecule has 1 amide bonds. The molecule has 2 N–H and O–H groups in total. The maximum atomic E-state index is 10.6. The first-order chi connectivity index (χ1) is 6.02. The molecule has 0 aliphatic rings. The standard InChI is InChI=1S/C7H7N3O3/c1-4-6(10(12)13)2-5(3-9-4)7(8)11/h2-3H,1H3,(H2,8,11). The zero-order valence-corrected chi connectivity index (χ0v) is 6.85. The van der Waals surface area contributed by atoms with Gasteiger partial charge in [0.15, 0.2) is 0 Å². The predicted octanol–water partition coefficient (Wildman–Crippen LogP) is 0.397. The number of rotatable bonds is 2. The number of nitrogens with two attached hydrogens (primary N) is 1. The number of amides is 1. The molecule has 1 rings (SSSR count). The van der Waals surface area contributed by atoms with Gasteiger partial charge in [0.2, 0.25) is 0 Å². The van der Waals surface area contributed by atoms with Crippen molar-refractivity contribution in [2.45, 2.75) is 6.92 Å². The highest BCUT2D eigenvalue weighted by atomic mass is 16.6. The first kappa shape index (κ1) is 9.11. The van der Waals surface area contributed by atoms with Crippen molar-refractivity contribution in [1.29, 1.82) is 0 Å². The number of hydrogen-bond donors (Lipinski definition) is 1. The molecule has 0 fully saturated rings. The second kappa shape index (κ2) is 3.18. The Labute approximate surface area is 73.5 Å². The van der Waals surface area contributed by atoms with Gasteiger partial charge in [0.1, 0.15) is 5.69 Å². The van der Waals surface area contributed by atoms with E-state index in [1.54, 1.807) is 0 Å². The van der Waals surface area contributed by atoms with Crippen LogP contribution >= 0.6 is 0 Å². The Morgan fingerprint density at radius 2 is 2.31 bits per heavy atom. The monoisotopic (exact) mass is 181 g/mol. The van der Waals surface area contributed by atoms with Gasteiger partial charge in [-0.25, -0.2) is 0 Å². The van der Waals surface area contributed by atoms with Crippen LogP contribution in [0, 0.1) is 17.0 Å². The van der Waals surface area contributed by atoms with Crippen molar-refractivity contribution in [1.82, 2.24) is 4.98 Å². The Balaban J connectivity index is 3.27. The van der Waals surface area contributed by atoms with Crippen LogP contribution < -0.4 is 5.73 Å². The van der Waals surface area contributed by atoms with Gasteiger partial charge in [-0.2, -0.15) is 0 Å². The summed E-state index contributed by atoms with van der Waals surface area (Å²) in [7, 11) is 0. The Kier molecular flexibility index (Phi) is 2.23. The SMILES string of the molecule is Cc1ncc(C(N)=O)cc1[N+](=O)[O-]. The van der Waals surface area contributed by atoms with E-state index in [1.165, 1.54) is 13.1 Å². The summed E-state index contributed by atoms with van der Waals surface area (Å²) in [4.78, 5) is 24.1. The van der Waals surface area contributed by atoms with Crippen LogP contribution in [0.4, 0.5) is 5.69 Å². The number of aryl methyl sites for hydroxylation is 1. The fraction of sp³-hybridized carbons (Fsp3) is 0.143. The number of hydrogen-bond acceptors (Lipinski definition) is 4. The largest absolute Gasteiger partial charge is 0.366 e. The third kappa shape index (κ3) is 1.78. The van der Waals surface area contributed by atoms with E-state index in [0.29, 0.717) is 0 Å². The first-order valence-corrected chi connectivity index (χ1v) is 3.43. The summed E-state index contributed by atoms with van der Waals surface area (Å²) in [6.07, 6.45) is 1.21. The molecule has 1 aromatic heterocycles. The summed E-state index contributed by atoms with van der Waals surface area (Å²) in [6.45, 7) is 1.49. The van der Waals surface area contributed by atoms with Gasteiger partial charge >= 0.3 is 0 Å². The molecule has 0 aliphatic carbocycles. The fourth-order valence-electron chi connectivity index (χ4n) is 0.841. The second-order valence-electron chi connectivity index (χ2n) is 2.45. The van der Waals surface area contributed by atoms with E-state index in [1.807, 2.05) is 0 Å². The van der Waals surface area contributed by atoms with Crippen LogP contribution in [0.3, 0.4) is 0 Å². The number of primary amides is 1. The summed E-state index contributed by atoms with van der Waals surface area (Å²) in [5.41, 5.74) is 5.03. The summed E-state index contributed by atoms with van der Waals surface area (Å²) in [5.74, 6) is -0.726. The molecule has 1 aromatic rings. The van der Waals surface area contributed by atoms with Crippen molar-refractivity contribution in [3.05, 3.63) is 33.6 Å². The normalized spacial score (nSPS) is 9.62. The van der Waals surface area contributed by atoms with E-state index in [2.05, 4.69) is 4.98 Å². The molecular weight excluding hydrogens is 174 g/mol. The molecule has 0 atom stereocenters. The van der Waals surface area contributed by atoms with Crippen molar-refractivity contribution in [3.63, 3.8) is 0 Å². The lowest BCUT2D eigenvalue weighted by atomic mass is 10.2. The molecular formula is C7H7N3O3. The van der Waals surface area contributed by atoms with Crippen molar-refractivity contribution in [3.8, 4) is 0 Å². The average molecular weight is 181 g/mol. The van der Waals surface area contributed by atoms with E-state index in [9.17, 15) is 14.9 Å². The first-order valence-electron chi connectivity index (χ1n) is 3.43. The lowest BCUT2D eigenvalue weighted by Gasteiger charge is -1.97. The molecule has 0 radical (unpaired) electrons. The van der Waals surface area contributed by atoms with E-state index >= 15 is 0 Å². The Bertz CT molecular complexity index is 375. The van der Waals surface area contributed by atoms with Gasteiger partial charge in [0, 0.05) is 12.3 Å². The van der Waals surface area contributed by atoms with Crippen molar-refractivity contribution in [2.75, 3.05) is 0 Å². The van der Waals surface area contributed by atoms with E-state index in [-0.39, 0.29) is 16.9 Å². The van der Waals surface area contributed by atoms with Crippen LogP contribution in [-0.2, 0) is 0 Å². The molecule has 0 saturated heterocycles. The number of carbonyl (C=O) groups excluding carboxylic acids is 1. The van der Waals surface area contributed by atoms with E-state index in [4.69, 9.17) is 5.73 Å². The van der Waals surface area contributed by atoms with Crippen LogP contribution in [-0.4, -0.2) is 15.8 Å². The van der Waals surface area contributed by atoms with Gasteiger partial charge in [-0.1, -0.05) is 0 Å². The number of nitro groups is 1. The molecule has 0 unspecified atom stereocenters. The lowest BCUT2D eigenvalue weighted by molar-refractivity contribution is -0.385. The number of aromatic nitrogens is 1. The summed E-state index contributed by atoms with van der Waals surface area (Å²) in [6, 6.07) is 1.12. The number of nitrogens with zero attached hydrogens (tertiary/aromatic N) is 2. The molecule has 0 saturated carbocycles. The third-order valence-corrected chi connectivity index (χ3v) is 1.54. The van der Waals surface area contributed by atoms with Gasteiger partial charge in [-0.15, -0.1) is 0 Å². The van der Waals surface area contributed by atoms with Crippen LogP contribution in [0.15, 0.2) is 12.3 Å². The van der Waals surface area contributed by atoms with Gasteiger partial charge in [-0.3, -0.25) is 19.9 Å². The van der Waals surface area contributed by atoms with Crippen LogP contribution in [0.1, 0.15) is 16.1 Å². The van der Waals surface area contributed by atoms with E-state index in [0.717, 1.165) is 6.07 Å². The van der Waals surface area contributed by atoms with Crippen molar-refractivity contribution >= 4 is 11.6 Å². The molecule has 0 spiro atoms. The summed E-state index contributed by atoms with van der Waals surface area (Å²) in [5, 5.41) is 10.4. The number of carbonyl (C=O) groups is 1. The highest BCUT2D eigenvalue weighted by molar-refractivity contribution is 5.93. The summed E-state index contributed by atoms with van der Waals surface area (Å²) >= 11 is 0. The van der Waals surface area contributed by atoms with Crippen LogP contribution in [0.25, 0.3) is 0 Å². The van der Waals surface area contributed by atoms with Crippen LogP contribution in [0.5, 0.6) is 0 Å². The molecule has 0 aromatic carbocycles. The quantitative estimate of drug-likeness (QED) is 0.527. The van der Waals surface area contributed by atoms with Gasteiger partial charge < -0.3 is 5.73 Å². The summed E-state index contributed by atoms with van der Waals surface area (Å²) < 4.78 is 0. The van der Waals surface area contributed by atoms with E-state index < -0.39 is 10.8 Å². The molecule has 13 heavy (non-hydrogen) atoms. The van der Waals surface area contributed by atoms with Gasteiger partial charge in [0.05, 0.1) is 10.5 Å². The Morgan fingerprint density at radius 1 is 1.69 bits per heavy atom. The van der Waals surface area contributed by atoms with Crippen molar-refractivity contribution in [2.24, 2.45) is 5.73 Å². The smallest absolute Gasteiger partial charge is 0.291 e. The Morgan fingerprint density at radius 3 is 2.77 bits per heavy atom. The van der Waals surface area contributed by atoms with Crippen LogP contribution in [0.2, 0.25) is 0 Å². The maximum absolute atomic E-state index is 10.6. The topological polar surface area (TPSA) is 99.1 Å². The fourth-order valence-corrected chi connectivity index (χ4v) is 0.841. The zero-order chi connectivity index (χ0) is 10.0. The molecule has 6 heteroatoms. The molecule has 0 aliphatic heterocycles. The minimum Gasteiger partial charge on any atom is -0.366 e. The van der Waals surface area contributed by atoms with Crippen molar-refractivity contribution < 1.29 is 9.72 Å². The molecule has 1 heterocycles. The zero-order valence-electron chi connectivity index (χ0n) is 6.85. The molecule has 6 nitrogen and oxygen atoms in total. The highest BCUT2D eigenvalue weighted by Gasteiger charge is 2.14. The average Bonchev–Trinajstić information content (AvgIpc) is 2.04. The predicted molar refractivity (Wildman–Crippen MR) is 44.1 cm³/mol. The third-order valence-electron chi connectivity index (χ3n) is 1.54. The second-order valence-corrected chi connectivity index (χ2v) is 2.45. The molecule has 68 valence electrons. The Hall–Kier alpha value is -1.98. The minimum atomic E-state index is -0.726. The van der Waals surface area contributed by atoms with Gasteiger partial charge in [0.25, 0.3) is 11.6 Å². The number of pyridine rings is 1.